The third kappa shape index (κ3) is 5.30. The van der Waals surface area contributed by atoms with Crippen LogP contribution in [0.5, 0.6) is 5.75 Å². The van der Waals surface area contributed by atoms with E-state index in [9.17, 15) is 18.4 Å². The van der Waals surface area contributed by atoms with E-state index in [0.29, 0.717) is 45.6 Å². The van der Waals surface area contributed by atoms with Crippen molar-refractivity contribution in [3.05, 3.63) is 23.7 Å². The number of aromatic nitrogens is 2. The van der Waals surface area contributed by atoms with Gasteiger partial charge in [-0.15, -0.1) is 11.3 Å². The van der Waals surface area contributed by atoms with Gasteiger partial charge in [0.2, 0.25) is 0 Å². The highest BCUT2D eigenvalue weighted by Crippen LogP contribution is 2.42. The van der Waals surface area contributed by atoms with Crippen molar-refractivity contribution in [1.29, 1.82) is 0 Å². The maximum atomic E-state index is 14.0. The lowest BCUT2D eigenvalue weighted by molar-refractivity contribution is -0.188. The normalized spacial score (nSPS) is 17.0. The topological polar surface area (TPSA) is 111 Å². The number of thiazole rings is 2. The van der Waals surface area contributed by atoms with Crippen molar-refractivity contribution in [3.63, 3.8) is 0 Å². The number of primary amides is 1. The van der Waals surface area contributed by atoms with Crippen molar-refractivity contribution in [1.82, 2.24) is 14.9 Å². The highest BCUT2D eigenvalue weighted by atomic mass is 32.1. The molecule has 0 radical (unpaired) electrons. The van der Waals surface area contributed by atoms with Crippen molar-refractivity contribution in [2.45, 2.75) is 45.4 Å². The van der Waals surface area contributed by atoms with Crippen LogP contribution in [-0.4, -0.2) is 64.3 Å². The lowest BCUT2D eigenvalue weighted by atomic mass is 10.2. The van der Waals surface area contributed by atoms with E-state index in [1.54, 1.807) is 22.5 Å². The Labute approximate surface area is 208 Å². The van der Waals surface area contributed by atoms with E-state index < -0.39 is 17.6 Å². The first-order valence-electron chi connectivity index (χ1n) is 10.8. The Morgan fingerprint density at radius 3 is 2.57 bits per heavy atom. The van der Waals surface area contributed by atoms with E-state index in [2.05, 4.69) is 4.98 Å². The number of amides is 2. The molecule has 2 N–H and O–H groups in total. The summed E-state index contributed by atoms with van der Waals surface area (Å²) in [6.07, 6.45) is -2.92. The summed E-state index contributed by atoms with van der Waals surface area (Å²) in [5.74, 6) is -2.08. The second kappa shape index (κ2) is 9.19. The molecular formula is C22H25F2N5O4S2. The molecule has 2 amide bonds. The number of hydrogen-bond donors (Lipinski definition) is 1. The molecular weight excluding hydrogens is 500 g/mol. The van der Waals surface area contributed by atoms with Gasteiger partial charge < -0.3 is 25.0 Å². The summed E-state index contributed by atoms with van der Waals surface area (Å²) in [6, 6.07) is 2.78. The van der Waals surface area contributed by atoms with Gasteiger partial charge in [-0.3, -0.25) is 4.79 Å². The number of anilines is 1. The Morgan fingerprint density at radius 1 is 1.23 bits per heavy atom. The molecule has 0 saturated carbocycles. The second-order valence-corrected chi connectivity index (χ2v) is 10.9. The summed E-state index contributed by atoms with van der Waals surface area (Å²) in [5.41, 5.74) is 5.29. The molecule has 3 heterocycles. The molecule has 4 rings (SSSR count). The van der Waals surface area contributed by atoms with Crippen molar-refractivity contribution in [3.8, 4) is 16.3 Å². The molecule has 1 fully saturated rings. The minimum atomic E-state index is -4.17. The largest absolute Gasteiger partial charge is 0.482 e. The molecule has 0 aliphatic carbocycles. The van der Waals surface area contributed by atoms with Gasteiger partial charge in [0.05, 0.1) is 10.2 Å². The van der Waals surface area contributed by atoms with Crippen LogP contribution in [-0.2, 0) is 9.53 Å². The van der Waals surface area contributed by atoms with Crippen LogP contribution >= 0.6 is 22.7 Å². The van der Waals surface area contributed by atoms with Gasteiger partial charge in [0.15, 0.2) is 5.13 Å². The minimum Gasteiger partial charge on any atom is -0.444 e. The molecule has 2 aromatic heterocycles. The zero-order valence-corrected chi connectivity index (χ0v) is 21.2. The van der Waals surface area contributed by atoms with Gasteiger partial charge in [0.1, 0.15) is 16.4 Å². The number of benzene rings is 1. The molecule has 1 atom stereocenters. The maximum Gasteiger partial charge on any atom is 0.482 e. The predicted molar refractivity (Wildman–Crippen MR) is 130 cm³/mol. The van der Waals surface area contributed by atoms with Crippen molar-refractivity contribution >= 4 is 50.0 Å². The first-order chi connectivity index (χ1) is 16.4. The molecule has 0 bridgehead atoms. The summed E-state index contributed by atoms with van der Waals surface area (Å²) < 4.78 is 38.6. The van der Waals surface area contributed by atoms with E-state index in [-0.39, 0.29) is 17.9 Å². The quantitative estimate of drug-likeness (QED) is 0.528. The number of carbonyl (C=O) groups excluding carboxylic acids is 2. The highest BCUT2D eigenvalue weighted by Gasteiger charge is 2.41. The molecule has 188 valence electrons. The van der Waals surface area contributed by atoms with E-state index in [4.69, 9.17) is 20.2 Å². The summed E-state index contributed by atoms with van der Waals surface area (Å²) >= 11 is 2.55. The lowest BCUT2D eigenvalue weighted by Crippen LogP contribution is -2.55. The van der Waals surface area contributed by atoms with E-state index in [1.165, 1.54) is 17.4 Å². The Kier molecular flexibility index (Phi) is 6.58. The molecule has 1 aliphatic heterocycles. The zero-order valence-electron chi connectivity index (χ0n) is 19.6. The fraction of sp³-hybridized carbons (Fsp3) is 0.455. The van der Waals surface area contributed by atoms with Crippen LogP contribution in [0.3, 0.4) is 0 Å². The number of nitrogens with two attached hydrogens (primary N) is 1. The van der Waals surface area contributed by atoms with Crippen LogP contribution in [0, 0.1) is 0 Å². The number of ether oxygens (including phenoxy) is 2. The minimum absolute atomic E-state index is 0.168. The Balaban J connectivity index is 1.66. The third-order valence-corrected chi connectivity index (χ3v) is 7.15. The Hall–Kier alpha value is -3.06. The number of fused-ring (bicyclic) bond motifs is 1. The van der Waals surface area contributed by atoms with Crippen LogP contribution < -0.4 is 15.4 Å². The second-order valence-electron chi connectivity index (χ2n) is 9.07. The number of halogens is 2. The van der Waals surface area contributed by atoms with Crippen LogP contribution in [0.2, 0.25) is 0 Å². The Bertz CT molecular complexity index is 1240. The first kappa shape index (κ1) is 25.0. The van der Waals surface area contributed by atoms with Gasteiger partial charge in [-0.25, -0.2) is 14.8 Å². The van der Waals surface area contributed by atoms with E-state index >= 15 is 0 Å². The van der Waals surface area contributed by atoms with Crippen LogP contribution in [0.1, 0.15) is 27.7 Å². The molecule has 1 aromatic carbocycles. The molecule has 9 nitrogen and oxygen atoms in total. The number of piperazine rings is 1. The van der Waals surface area contributed by atoms with E-state index in [1.807, 2.05) is 32.6 Å². The average molecular weight is 526 g/mol. The number of nitrogens with zero attached hydrogens (tertiary/aromatic N) is 4. The first-order valence-corrected chi connectivity index (χ1v) is 12.5. The molecule has 0 spiro atoms. The number of hydrogen-bond acceptors (Lipinski definition) is 9. The summed E-state index contributed by atoms with van der Waals surface area (Å²) in [5, 5.41) is 3.05. The van der Waals surface area contributed by atoms with Gasteiger partial charge in [-0.2, -0.15) is 8.78 Å². The molecule has 35 heavy (non-hydrogen) atoms. The monoisotopic (exact) mass is 525 g/mol. The maximum absolute atomic E-state index is 14.0. The number of rotatable bonds is 5. The predicted octanol–water partition coefficient (Wildman–Crippen LogP) is 4.32. The average Bonchev–Trinajstić information content (AvgIpc) is 3.43. The van der Waals surface area contributed by atoms with Crippen molar-refractivity contribution in [2.75, 3.05) is 24.5 Å². The van der Waals surface area contributed by atoms with Gasteiger partial charge >= 0.3 is 18.1 Å². The van der Waals surface area contributed by atoms with Crippen LogP contribution in [0.25, 0.3) is 20.8 Å². The summed E-state index contributed by atoms with van der Waals surface area (Å²) in [4.78, 5) is 36.4. The molecule has 1 aliphatic rings. The highest BCUT2D eigenvalue weighted by molar-refractivity contribution is 7.22. The standard InChI is InChI=1S/C22H25F2N5O4S2/c1-12-11-28(8-9-29(12)20(31)33-21(2,3)4)19-27-15-13(17-26-7-10-34-17)5-6-14(16(15)35-19)32-22(23,24)18(25)30/h5-7,10,12H,8-9,11H2,1-4H3,(H2,25,30)/t12-/m1/s1. The van der Waals surface area contributed by atoms with Crippen LogP contribution in [0.15, 0.2) is 23.7 Å². The van der Waals surface area contributed by atoms with Gasteiger partial charge in [0, 0.05) is 42.8 Å². The van der Waals surface area contributed by atoms with Crippen LogP contribution in [0.4, 0.5) is 18.7 Å². The smallest absolute Gasteiger partial charge is 0.444 e. The fourth-order valence-electron chi connectivity index (χ4n) is 3.63. The lowest BCUT2D eigenvalue weighted by Gasteiger charge is -2.40. The van der Waals surface area contributed by atoms with Gasteiger partial charge in [0.25, 0.3) is 0 Å². The Morgan fingerprint density at radius 2 is 1.97 bits per heavy atom. The SMILES string of the molecule is C[C@@H]1CN(c2nc3c(-c4nccs4)ccc(OC(F)(F)C(N)=O)c3s2)CCN1C(=O)OC(C)(C)C. The third-order valence-electron chi connectivity index (χ3n) is 5.21. The zero-order chi connectivity index (χ0) is 25.5. The molecule has 13 heteroatoms. The van der Waals surface area contributed by atoms with Crippen molar-refractivity contribution < 1.29 is 27.8 Å². The molecule has 3 aromatic rings. The number of alkyl halides is 2. The van der Waals surface area contributed by atoms with E-state index in [0.717, 1.165) is 11.3 Å². The molecule has 1 saturated heterocycles. The summed E-state index contributed by atoms with van der Waals surface area (Å²) in [6.45, 7) is 8.71. The van der Waals surface area contributed by atoms with Gasteiger partial charge in [-0.05, 0) is 39.8 Å². The van der Waals surface area contributed by atoms with Crippen molar-refractivity contribution in [2.24, 2.45) is 5.73 Å². The number of carbonyl (C=O) groups is 2. The fourth-order valence-corrected chi connectivity index (χ4v) is 5.37. The summed E-state index contributed by atoms with van der Waals surface area (Å²) in [7, 11) is 0. The molecule has 0 unspecified atom stereocenters. The van der Waals surface area contributed by atoms with Gasteiger partial charge in [-0.1, -0.05) is 11.3 Å².